The fourth-order valence-corrected chi connectivity index (χ4v) is 13.7. The van der Waals surface area contributed by atoms with Crippen molar-refractivity contribution < 1.29 is 39.8 Å². The van der Waals surface area contributed by atoms with E-state index >= 15 is 0 Å². The van der Waals surface area contributed by atoms with Gasteiger partial charge in [-0.2, -0.15) is 0 Å². The highest BCUT2D eigenvalue weighted by Gasteiger charge is 2.43. The standard InChI is InChI=1S/C36H81NO9Si3/c1-10-25-38-47(39-26-11-2,40-27-12-3)34-19-22-37(23-20-35-48(41-28-13-4,42-29-14-5)43-30-15-6)24-21-36-49(44-31-16-7,45-32-17-8)46-33-18-9/h10-36H2,1-9H3. The summed E-state index contributed by atoms with van der Waals surface area (Å²) < 4.78 is 57.9. The zero-order valence-corrected chi connectivity index (χ0v) is 36.7. The molecule has 13 heteroatoms. The topological polar surface area (TPSA) is 86.3 Å². The van der Waals surface area contributed by atoms with Crippen molar-refractivity contribution in [2.75, 3.05) is 79.1 Å². The highest BCUT2D eigenvalue weighted by Crippen LogP contribution is 2.24. The lowest BCUT2D eigenvalue weighted by atomic mass is 10.3. The quantitative estimate of drug-likeness (QED) is 0.0567. The Balaban J connectivity index is 6.00. The molecule has 0 aliphatic heterocycles. The summed E-state index contributed by atoms with van der Waals surface area (Å²) in [5, 5.41) is 0. The molecular weight excluding hydrogens is 675 g/mol. The number of rotatable bonds is 39. The van der Waals surface area contributed by atoms with E-state index in [1.54, 1.807) is 0 Å². The minimum absolute atomic E-state index is 0.670. The SMILES string of the molecule is CCCO[Si](CCCN(CCC[Si](OCCC)(OCCC)OCCC)CCC[Si](OCCC)(OCCC)OCCC)(OCCC)OCCC. The van der Waals surface area contributed by atoms with E-state index < -0.39 is 26.4 Å². The van der Waals surface area contributed by atoms with E-state index in [0.29, 0.717) is 59.5 Å². The lowest BCUT2D eigenvalue weighted by Gasteiger charge is -2.33. The van der Waals surface area contributed by atoms with Crippen molar-refractivity contribution in [1.29, 1.82) is 0 Å². The Morgan fingerprint density at radius 1 is 0.286 bits per heavy atom. The highest BCUT2D eigenvalue weighted by molar-refractivity contribution is 6.61. The van der Waals surface area contributed by atoms with Gasteiger partial charge in [-0.3, -0.25) is 0 Å². The lowest BCUT2D eigenvalue weighted by molar-refractivity contribution is 0.0567. The molecule has 296 valence electrons. The number of nitrogens with zero attached hydrogens (tertiary/aromatic N) is 1. The third-order valence-corrected chi connectivity index (χ3v) is 16.3. The van der Waals surface area contributed by atoms with Crippen LogP contribution in [0.2, 0.25) is 18.1 Å². The summed E-state index contributed by atoms with van der Waals surface area (Å²) >= 11 is 0. The molecule has 0 amide bonds. The van der Waals surface area contributed by atoms with Gasteiger partial charge in [-0.25, -0.2) is 0 Å². The molecular formula is C36H81NO9Si3. The maximum Gasteiger partial charge on any atom is 0.501 e. The first-order valence-electron chi connectivity index (χ1n) is 20.3. The van der Waals surface area contributed by atoms with Gasteiger partial charge in [-0.15, -0.1) is 0 Å². The third kappa shape index (κ3) is 23.5. The summed E-state index contributed by atoms with van der Waals surface area (Å²) in [7, 11) is -8.31. The van der Waals surface area contributed by atoms with Crippen LogP contribution in [0.3, 0.4) is 0 Å². The van der Waals surface area contributed by atoms with Crippen molar-refractivity contribution in [2.24, 2.45) is 0 Å². The Morgan fingerprint density at radius 2 is 0.449 bits per heavy atom. The Labute approximate surface area is 307 Å². The molecule has 0 aromatic rings. The molecule has 0 atom stereocenters. The molecule has 0 radical (unpaired) electrons. The predicted molar refractivity (Wildman–Crippen MR) is 208 cm³/mol. The van der Waals surface area contributed by atoms with Gasteiger partial charge >= 0.3 is 26.4 Å². The molecule has 0 fully saturated rings. The Bertz CT molecular complexity index is 559. The zero-order chi connectivity index (χ0) is 36.5. The first-order chi connectivity index (χ1) is 23.8. The molecule has 0 heterocycles. The van der Waals surface area contributed by atoms with Crippen LogP contribution in [0.1, 0.15) is 139 Å². The Kier molecular flexibility index (Phi) is 33.0. The average molecular weight is 756 g/mol. The van der Waals surface area contributed by atoms with Crippen LogP contribution >= 0.6 is 0 Å². The Morgan fingerprint density at radius 3 is 0.592 bits per heavy atom. The maximum absolute atomic E-state index is 6.43. The Hall–Kier alpha value is 0.251. The molecule has 0 rings (SSSR count). The predicted octanol–water partition coefficient (Wildman–Crippen LogP) is 9.11. The van der Waals surface area contributed by atoms with Crippen LogP contribution in [0, 0.1) is 0 Å². The van der Waals surface area contributed by atoms with E-state index in [2.05, 4.69) is 67.2 Å². The third-order valence-electron chi connectivity index (χ3n) is 7.61. The van der Waals surface area contributed by atoms with Gasteiger partial charge in [0.15, 0.2) is 0 Å². The van der Waals surface area contributed by atoms with Gasteiger partial charge in [0.05, 0.1) is 0 Å². The van der Waals surface area contributed by atoms with E-state index in [1.165, 1.54) is 0 Å². The van der Waals surface area contributed by atoms with Crippen molar-refractivity contribution in [1.82, 2.24) is 4.90 Å². The van der Waals surface area contributed by atoms with E-state index in [4.69, 9.17) is 39.8 Å². The smallest absolute Gasteiger partial charge is 0.373 e. The first kappa shape index (κ1) is 49.3. The summed E-state index contributed by atoms with van der Waals surface area (Å²) in [4.78, 5) is 2.58. The largest absolute Gasteiger partial charge is 0.501 e. The van der Waals surface area contributed by atoms with Crippen LogP contribution in [0.25, 0.3) is 0 Å². The zero-order valence-electron chi connectivity index (χ0n) is 33.7. The minimum Gasteiger partial charge on any atom is -0.373 e. The summed E-state index contributed by atoms with van der Waals surface area (Å²) in [6.07, 6.45) is 11.4. The molecule has 0 unspecified atom stereocenters. The van der Waals surface area contributed by atoms with Gasteiger partial charge < -0.3 is 44.7 Å². The van der Waals surface area contributed by atoms with Crippen molar-refractivity contribution >= 4 is 26.4 Å². The molecule has 49 heavy (non-hydrogen) atoms. The van der Waals surface area contributed by atoms with Crippen molar-refractivity contribution in [2.45, 2.75) is 157 Å². The second kappa shape index (κ2) is 32.9. The average Bonchev–Trinajstić information content (AvgIpc) is 3.12. The molecule has 10 nitrogen and oxygen atoms in total. The van der Waals surface area contributed by atoms with E-state index in [-0.39, 0.29) is 0 Å². The van der Waals surface area contributed by atoms with Gasteiger partial charge in [0, 0.05) is 77.6 Å². The molecule has 0 N–H and O–H groups in total. The molecule has 0 aliphatic carbocycles. The van der Waals surface area contributed by atoms with Gasteiger partial charge in [0.1, 0.15) is 0 Å². The highest BCUT2D eigenvalue weighted by atomic mass is 28.4. The summed E-state index contributed by atoms with van der Waals surface area (Å²) in [5.41, 5.74) is 0. The summed E-state index contributed by atoms with van der Waals surface area (Å²) in [6.45, 7) is 28.1. The lowest BCUT2D eigenvalue weighted by Crippen LogP contribution is -2.48. The normalized spacial score (nSPS) is 12.9. The molecule has 0 saturated heterocycles. The molecule has 0 spiro atoms. The minimum atomic E-state index is -2.77. The molecule has 0 aliphatic rings. The van der Waals surface area contributed by atoms with Crippen molar-refractivity contribution in [3.05, 3.63) is 0 Å². The van der Waals surface area contributed by atoms with Crippen molar-refractivity contribution in [3.63, 3.8) is 0 Å². The van der Waals surface area contributed by atoms with Crippen LogP contribution < -0.4 is 0 Å². The van der Waals surface area contributed by atoms with Crippen LogP contribution in [0.15, 0.2) is 0 Å². The second-order valence-electron chi connectivity index (χ2n) is 12.8. The maximum atomic E-state index is 6.43. The van der Waals surface area contributed by atoms with Gasteiger partial charge in [0.25, 0.3) is 0 Å². The summed E-state index contributed by atoms with van der Waals surface area (Å²) in [5.74, 6) is 0. The molecule has 0 saturated carbocycles. The van der Waals surface area contributed by atoms with E-state index in [0.717, 1.165) is 115 Å². The van der Waals surface area contributed by atoms with Crippen LogP contribution in [-0.4, -0.2) is 110 Å². The second-order valence-corrected chi connectivity index (χ2v) is 21.0. The fourth-order valence-electron chi connectivity index (χ4n) is 5.24. The van der Waals surface area contributed by atoms with Gasteiger partial charge in [-0.1, -0.05) is 62.3 Å². The van der Waals surface area contributed by atoms with Gasteiger partial charge in [0.2, 0.25) is 0 Å². The van der Waals surface area contributed by atoms with Gasteiger partial charge in [-0.05, 0) is 96.7 Å². The van der Waals surface area contributed by atoms with E-state index in [9.17, 15) is 0 Å². The summed E-state index contributed by atoms with van der Waals surface area (Å²) in [6, 6.07) is 2.45. The first-order valence-corrected chi connectivity index (χ1v) is 26.1. The molecule has 0 bridgehead atoms. The van der Waals surface area contributed by atoms with Crippen molar-refractivity contribution in [3.8, 4) is 0 Å². The number of hydrogen-bond donors (Lipinski definition) is 0. The molecule has 0 aromatic carbocycles. The number of hydrogen-bond acceptors (Lipinski definition) is 10. The van der Waals surface area contributed by atoms with Crippen LogP contribution in [-0.2, 0) is 39.8 Å². The van der Waals surface area contributed by atoms with Crippen LogP contribution in [0.4, 0.5) is 0 Å². The van der Waals surface area contributed by atoms with E-state index in [1.807, 2.05) is 0 Å². The fraction of sp³-hybridized carbons (Fsp3) is 1.00. The molecule has 0 aromatic heterocycles. The van der Waals surface area contributed by atoms with Crippen LogP contribution in [0.5, 0.6) is 0 Å². The monoisotopic (exact) mass is 756 g/mol.